The van der Waals surface area contributed by atoms with Crippen LogP contribution in [0.25, 0.3) is 5.57 Å². The lowest BCUT2D eigenvalue weighted by atomic mass is 10.0. The van der Waals surface area contributed by atoms with E-state index in [1.165, 1.54) is 23.1 Å². The van der Waals surface area contributed by atoms with Gasteiger partial charge < -0.3 is 10.2 Å². The van der Waals surface area contributed by atoms with E-state index in [2.05, 4.69) is 5.32 Å². The number of carbonyl (C=O) groups is 2. The van der Waals surface area contributed by atoms with Crippen molar-refractivity contribution < 1.29 is 22.8 Å². The molecule has 126 valence electrons. The van der Waals surface area contributed by atoms with Crippen molar-refractivity contribution in [2.24, 2.45) is 0 Å². The van der Waals surface area contributed by atoms with E-state index in [4.69, 9.17) is 0 Å². The Morgan fingerprint density at radius 2 is 1.74 bits per heavy atom. The first-order chi connectivity index (χ1) is 10.6. The van der Waals surface area contributed by atoms with Crippen molar-refractivity contribution in [1.29, 1.82) is 0 Å². The monoisotopic (exact) mass is 328 g/mol. The fraction of sp³-hybridized carbons (Fsp3) is 0.375. The highest BCUT2D eigenvalue weighted by Crippen LogP contribution is 2.29. The summed E-state index contributed by atoms with van der Waals surface area (Å²) in [6.07, 6.45) is -2.90. The molecule has 0 aromatic heterocycles. The van der Waals surface area contributed by atoms with E-state index in [9.17, 15) is 22.8 Å². The molecule has 0 fully saturated rings. The SMILES string of the molecule is C/C(=C\C(=O)NCCC(=O)N(C)C)c1ccc(C(F)(F)F)cc1. The molecule has 23 heavy (non-hydrogen) atoms. The largest absolute Gasteiger partial charge is 0.416 e. The van der Waals surface area contributed by atoms with Crippen LogP contribution in [0.4, 0.5) is 13.2 Å². The number of rotatable bonds is 5. The van der Waals surface area contributed by atoms with E-state index < -0.39 is 17.6 Å². The number of allylic oxidation sites excluding steroid dienone is 1. The van der Waals surface area contributed by atoms with Crippen molar-refractivity contribution in [2.45, 2.75) is 19.5 Å². The summed E-state index contributed by atoms with van der Waals surface area (Å²) >= 11 is 0. The Bertz CT molecular complexity index is 590. The standard InChI is InChI=1S/C16H19F3N2O2/c1-11(10-14(22)20-9-8-15(23)21(2)3)12-4-6-13(7-5-12)16(17,18)19/h4-7,10H,8-9H2,1-3H3,(H,20,22)/b11-10+. The Labute approximate surface area is 133 Å². The van der Waals surface area contributed by atoms with Crippen molar-refractivity contribution in [3.05, 3.63) is 41.5 Å². The summed E-state index contributed by atoms with van der Waals surface area (Å²) in [4.78, 5) is 24.5. The summed E-state index contributed by atoms with van der Waals surface area (Å²) in [6, 6.07) is 4.58. The molecule has 0 heterocycles. The Morgan fingerprint density at radius 3 is 2.22 bits per heavy atom. The summed E-state index contributed by atoms with van der Waals surface area (Å²) in [7, 11) is 3.25. The van der Waals surface area contributed by atoms with E-state index in [1.807, 2.05) is 0 Å². The van der Waals surface area contributed by atoms with Crippen molar-refractivity contribution in [3.8, 4) is 0 Å². The minimum Gasteiger partial charge on any atom is -0.352 e. The van der Waals surface area contributed by atoms with Crippen molar-refractivity contribution in [3.63, 3.8) is 0 Å². The number of nitrogens with one attached hydrogen (secondary N) is 1. The quantitative estimate of drug-likeness (QED) is 0.845. The fourth-order valence-corrected chi connectivity index (χ4v) is 1.77. The van der Waals surface area contributed by atoms with Gasteiger partial charge in [0.25, 0.3) is 0 Å². The Balaban J connectivity index is 2.62. The lowest BCUT2D eigenvalue weighted by Crippen LogP contribution is -2.29. The average Bonchev–Trinajstić information content (AvgIpc) is 2.46. The van der Waals surface area contributed by atoms with Gasteiger partial charge in [-0.25, -0.2) is 0 Å². The average molecular weight is 328 g/mol. The molecule has 0 aliphatic heterocycles. The van der Waals surface area contributed by atoms with Gasteiger partial charge in [0.1, 0.15) is 0 Å². The summed E-state index contributed by atoms with van der Waals surface area (Å²) in [5.74, 6) is -0.498. The zero-order valence-electron chi connectivity index (χ0n) is 13.2. The third kappa shape index (κ3) is 6.14. The van der Waals surface area contributed by atoms with Crippen molar-refractivity contribution in [1.82, 2.24) is 10.2 Å². The molecule has 1 aromatic carbocycles. The minimum atomic E-state index is -4.38. The summed E-state index contributed by atoms with van der Waals surface area (Å²) < 4.78 is 37.4. The van der Waals surface area contributed by atoms with E-state index in [0.29, 0.717) is 11.1 Å². The normalized spacial score (nSPS) is 12.0. The number of alkyl halides is 3. The van der Waals surface area contributed by atoms with E-state index in [1.54, 1.807) is 21.0 Å². The van der Waals surface area contributed by atoms with Crippen LogP contribution in [0.15, 0.2) is 30.3 Å². The Morgan fingerprint density at radius 1 is 1.17 bits per heavy atom. The molecule has 4 nitrogen and oxygen atoms in total. The molecule has 0 saturated heterocycles. The zero-order valence-corrected chi connectivity index (χ0v) is 13.2. The maximum absolute atomic E-state index is 12.5. The van der Waals surface area contributed by atoms with Crippen LogP contribution in [-0.2, 0) is 15.8 Å². The highest BCUT2D eigenvalue weighted by Gasteiger charge is 2.29. The van der Waals surface area contributed by atoms with Gasteiger partial charge in [-0.3, -0.25) is 9.59 Å². The van der Waals surface area contributed by atoms with Crippen molar-refractivity contribution >= 4 is 17.4 Å². The first-order valence-corrected chi connectivity index (χ1v) is 6.95. The second-order valence-corrected chi connectivity index (χ2v) is 5.23. The Hall–Kier alpha value is -2.31. The minimum absolute atomic E-state index is 0.103. The second kappa shape index (κ2) is 7.80. The highest BCUT2D eigenvalue weighted by molar-refractivity contribution is 5.95. The van der Waals surface area contributed by atoms with Crippen LogP contribution in [0, 0.1) is 0 Å². The van der Waals surface area contributed by atoms with Crippen molar-refractivity contribution in [2.75, 3.05) is 20.6 Å². The molecule has 0 aliphatic rings. The van der Waals surface area contributed by atoms with Gasteiger partial charge >= 0.3 is 6.18 Å². The maximum atomic E-state index is 12.5. The van der Waals surface area contributed by atoms with Crippen LogP contribution in [0.3, 0.4) is 0 Å². The number of benzene rings is 1. The molecule has 2 amide bonds. The van der Waals surface area contributed by atoms with Gasteiger partial charge in [0, 0.05) is 33.1 Å². The fourth-order valence-electron chi connectivity index (χ4n) is 1.77. The van der Waals surface area contributed by atoms with Crippen LogP contribution < -0.4 is 5.32 Å². The zero-order chi connectivity index (χ0) is 17.6. The van der Waals surface area contributed by atoms with Gasteiger partial charge in [-0.2, -0.15) is 13.2 Å². The number of nitrogens with zero attached hydrogens (tertiary/aromatic N) is 1. The molecule has 1 N–H and O–H groups in total. The van der Waals surface area contributed by atoms with Crippen LogP contribution >= 0.6 is 0 Å². The van der Waals surface area contributed by atoms with Gasteiger partial charge in [-0.15, -0.1) is 0 Å². The third-order valence-electron chi connectivity index (χ3n) is 3.15. The number of halogens is 3. The molecule has 0 unspecified atom stereocenters. The van der Waals surface area contributed by atoms with Gasteiger partial charge in [0.15, 0.2) is 0 Å². The summed E-state index contributed by atoms with van der Waals surface area (Å²) in [6.45, 7) is 1.83. The molecule has 0 radical (unpaired) electrons. The van der Waals surface area contributed by atoms with Gasteiger partial charge in [0.2, 0.25) is 11.8 Å². The molecule has 0 bridgehead atoms. The lowest BCUT2D eigenvalue weighted by molar-refractivity contribution is -0.137. The first-order valence-electron chi connectivity index (χ1n) is 6.95. The Kier molecular flexibility index (Phi) is 6.36. The van der Waals surface area contributed by atoms with Gasteiger partial charge in [-0.05, 0) is 30.2 Å². The van der Waals surface area contributed by atoms with E-state index >= 15 is 0 Å². The number of hydrogen-bond acceptors (Lipinski definition) is 2. The predicted molar refractivity (Wildman–Crippen MR) is 81.4 cm³/mol. The van der Waals surface area contributed by atoms with Gasteiger partial charge in [0.05, 0.1) is 5.56 Å². The number of carbonyl (C=O) groups excluding carboxylic acids is 2. The maximum Gasteiger partial charge on any atom is 0.416 e. The van der Waals surface area contributed by atoms with E-state index in [0.717, 1.165) is 12.1 Å². The first kappa shape index (κ1) is 18.7. The molecule has 1 rings (SSSR count). The summed E-state index contributed by atoms with van der Waals surface area (Å²) in [5, 5.41) is 2.56. The molecule has 0 saturated carbocycles. The smallest absolute Gasteiger partial charge is 0.352 e. The topological polar surface area (TPSA) is 49.4 Å². The third-order valence-corrected chi connectivity index (χ3v) is 3.15. The molecule has 0 spiro atoms. The predicted octanol–water partition coefficient (Wildman–Crippen LogP) is 2.70. The molecule has 7 heteroatoms. The molecular weight excluding hydrogens is 309 g/mol. The van der Waals surface area contributed by atoms with Crippen LogP contribution in [-0.4, -0.2) is 37.4 Å². The second-order valence-electron chi connectivity index (χ2n) is 5.23. The molecule has 0 aliphatic carbocycles. The van der Waals surface area contributed by atoms with Crippen LogP contribution in [0.1, 0.15) is 24.5 Å². The molecule has 1 aromatic rings. The van der Waals surface area contributed by atoms with E-state index in [-0.39, 0.29) is 18.9 Å². The van der Waals surface area contributed by atoms with Crippen LogP contribution in [0.5, 0.6) is 0 Å². The summed E-state index contributed by atoms with van der Waals surface area (Å²) in [5.41, 5.74) is 0.327. The molecular formula is C16H19F3N2O2. The van der Waals surface area contributed by atoms with Gasteiger partial charge in [-0.1, -0.05) is 12.1 Å². The number of amides is 2. The number of hydrogen-bond donors (Lipinski definition) is 1. The van der Waals surface area contributed by atoms with Crippen LogP contribution in [0.2, 0.25) is 0 Å². The lowest BCUT2D eigenvalue weighted by Gasteiger charge is -2.10. The molecule has 0 atom stereocenters. The highest BCUT2D eigenvalue weighted by atomic mass is 19.4.